The highest BCUT2D eigenvalue weighted by atomic mass is 16.5. The van der Waals surface area contributed by atoms with Crippen LogP contribution >= 0.6 is 0 Å². The predicted molar refractivity (Wildman–Crippen MR) is 84.1 cm³/mol. The molecule has 1 saturated heterocycles. The zero-order valence-electron chi connectivity index (χ0n) is 13.1. The van der Waals surface area contributed by atoms with E-state index in [2.05, 4.69) is 49.2 Å². The van der Waals surface area contributed by atoms with Crippen LogP contribution in [0.15, 0.2) is 24.3 Å². The van der Waals surface area contributed by atoms with Gasteiger partial charge in [-0.2, -0.15) is 0 Å². The Labute approximate surface area is 123 Å². The first-order valence-electron chi connectivity index (χ1n) is 7.86. The predicted octanol–water partition coefficient (Wildman–Crippen LogP) is 2.91. The second kappa shape index (κ2) is 7.65. The summed E-state index contributed by atoms with van der Waals surface area (Å²) < 4.78 is 5.85. The van der Waals surface area contributed by atoms with Gasteiger partial charge in [0.15, 0.2) is 0 Å². The molecular formula is C17H28N2O. The van der Waals surface area contributed by atoms with Crippen molar-refractivity contribution in [2.24, 2.45) is 5.92 Å². The zero-order valence-corrected chi connectivity index (χ0v) is 13.1. The number of ether oxygens (including phenoxy) is 1. The third-order valence-corrected chi connectivity index (χ3v) is 3.90. The molecule has 2 rings (SSSR count). The third kappa shape index (κ3) is 4.50. The maximum atomic E-state index is 5.85. The molecule has 112 valence electrons. The molecule has 1 aliphatic heterocycles. The lowest BCUT2D eigenvalue weighted by molar-refractivity contribution is 0.239. The highest BCUT2D eigenvalue weighted by molar-refractivity contribution is 5.33. The van der Waals surface area contributed by atoms with Gasteiger partial charge in [-0.25, -0.2) is 0 Å². The molecule has 0 radical (unpaired) electrons. The van der Waals surface area contributed by atoms with Gasteiger partial charge in [-0.05, 0) is 51.9 Å². The molecule has 3 heteroatoms. The van der Waals surface area contributed by atoms with Crippen LogP contribution in [0.3, 0.4) is 0 Å². The lowest BCUT2D eigenvalue weighted by Crippen LogP contribution is -2.26. The molecule has 1 aliphatic rings. The fraction of sp³-hybridized carbons (Fsp3) is 0.647. The maximum absolute atomic E-state index is 5.85. The number of nitrogens with one attached hydrogen (secondary N) is 1. The van der Waals surface area contributed by atoms with Gasteiger partial charge in [-0.15, -0.1) is 0 Å². The van der Waals surface area contributed by atoms with E-state index in [-0.39, 0.29) is 6.10 Å². The molecule has 0 aliphatic carbocycles. The van der Waals surface area contributed by atoms with Crippen LogP contribution in [0.25, 0.3) is 0 Å². The summed E-state index contributed by atoms with van der Waals surface area (Å²) in [7, 11) is 0. The van der Waals surface area contributed by atoms with Crippen LogP contribution in [0.2, 0.25) is 0 Å². The largest absolute Gasteiger partial charge is 0.491 e. The molecule has 1 N–H and O–H groups in total. The minimum Gasteiger partial charge on any atom is -0.491 e. The molecule has 1 fully saturated rings. The van der Waals surface area contributed by atoms with Crippen LogP contribution < -0.4 is 10.1 Å². The van der Waals surface area contributed by atoms with Crippen molar-refractivity contribution in [2.75, 3.05) is 26.2 Å². The van der Waals surface area contributed by atoms with Crippen molar-refractivity contribution >= 4 is 0 Å². The van der Waals surface area contributed by atoms with Gasteiger partial charge in [-0.3, -0.25) is 0 Å². The second-order valence-electron chi connectivity index (χ2n) is 5.95. The van der Waals surface area contributed by atoms with Gasteiger partial charge in [0.2, 0.25) is 0 Å². The van der Waals surface area contributed by atoms with Crippen molar-refractivity contribution in [3.05, 3.63) is 29.8 Å². The molecule has 1 aromatic rings. The standard InChI is InChI=1S/C17H28N2O/c1-4-19-10-9-15(13-19)11-18-12-16-7-5-6-8-17(16)20-14(2)3/h5-8,14-15,18H,4,9-13H2,1-3H3. The second-order valence-corrected chi connectivity index (χ2v) is 5.95. The molecule has 0 saturated carbocycles. The Kier molecular flexibility index (Phi) is 5.86. The summed E-state index contributed by atoms with van der Waals surface area (Å²) >= 11 is 0. The van der Waals surface area contributed by atoms with Crippen molar-refractivity contribution in [3.8, 4) is 5.75 Å². The average molecular weight is 276 g/mol. The fourth-order valence-corrected chi connectivity index (χ4v) is 2.80. The smallest absolute Gasteiger partial charge is 0.124 e. The molecule has 1 unspecified atom stereocenters. The quantitative estimate of drug-likeness (QED) is 0.829. The molecule has 0 aromatic heterocycles. The number of benzene rings is 1. The average Bonchev–Trinajstić information content (AvgIpc) is 2.88. The minimum absolute atomic E-state index is 0.226. The Morgan fingerprint density at radius 2 is 2.15 bits per heavy atom. The Hall–Kier alpha value is -1.06. The molecule has 0 spiro atoms. The van der Waals surface area contributed by atoms with E-state index < -0.39 is 0 Å². The molecule has 3 nitrogen and oxygen atoms in total. The Morgan fingerprint density at radius 3 is 2.85 bits per heavy atom. The molecule has 0 amide bonds. The Bertz CT molecular complexity index is 406. The van der Waals surface area contributed by atoms with E-state index in [1.54, 1.807) is 0 Å². The van der Waals surface area contributed by atoms with Gasteiger partial charge in [0, 0.05) is 18.7 Å². The van der Waals surface area contributed by atoms with Crippen LogP contribution in [0.1, 0.15) is 32.8 Å². The minimum atomic E-state index is 0.226. The molecule has 0 bridgehead atoms. The summed E-state index contributed by atoms with van der Waals surface area (Å²) in [5.41, 5.74) is 1.26. The zero-order chi connectivity index (χ0) is 14.4. The highest BCUT2D eigenvalue weighted by Crippen LogP contribution is 2.20. The van der Waals surface area contributed by atoms with E-state index in [1.165, 1.54) is 31.6 Å². The van der Waals surface area contributed by atoms with Crippen LogP contribution in [0.4, 0.5) is 0 Å². The first kappa shape index (κ1) is 15.3. The van der Waals surface area contributed by atoms with Gasteiger partial charge in [-0.1, -0.05) is 25.1 Å². The summed E-state index contributed by atoms with van der Waals surface area (Å²) in [4.78, 5) is 2.53. The molecule has 1 atom stereocenters. The van der Waals surface area contributed by atoms with Crippen LogP contribution in [0.5, 0.6) is 5.75 Å². The molecule has 20 heavy (non-hydrogen) atoms. The van der Waals surface area contributed by atoms with Crippen molar-refractivity contribution < 1.29 is 4.74 Å². The van der Waals surface area contributed by atoms with E-state index in [9.17, 15) is 0 Å². The number of likely N-dealkylation sites (tertiary alicyclic amines) is 1. The van der Waals surface area contributed by atoms with Crippen molar-refractivity contribution in [1.82, 2.24) is 10.2 Å². The summed E-state index contributed by atoms with van der Waals surface area (Å²) in [6, 6.07) is 8.33. The van der Waals surface area contributed by atoms with Gasteiger partial charge in [0.1, 0.15) is 5.75 Å². The third-order valence-electron chi connectivity index (χ3n) is 3.90. The molecular weight excluding hydrogens is 248 g/mol. The highest BCUT2D eigenvalue weighted by Gasteiger charge is 2.20. The van der Waals surface area contributed by atoms with Crippen molar-refractivity contribution in [2.45, 2.75) is 39.8 Å². The van der Waals surface area contributed by atoms with Gasteiger partial charge < -0.3 is 15.0 Å². The van der Waals surface area contributed by atoms with E-state index in [1.807, 2.05) is 6.07 Å². The van der Waals surface area contributed by atoms with E-state index >= 15 is 0 Å². The lowest BCUT2D eigenvalue weighted by Gasteiger charge is -2.16. The SMILES string of the molecule is CCN1CCC(CNCc2ccccc2OC(C)C)C1. The fourth-order valence-electron chi connectivity index (χ4n) is 2.80. The monoisotopic (exact) mass is 276 g/mol. The number of para-hydroxylation sites is 1. The van der Waals surface area contributed by atoms with Gasteiger partial charge in [0.25, 0.3) is 0 Å². The van der Waals surface area contributed by atoms with Crippen molar-refractivity contribution in [3.63, 3.8) is 0 Å². The Balaban J connectivity index is 1.79. The van der Waals surface area contributed by atoms with Crippen molar-refractivity contribution in [1.29, 1.82) is 0 Å². The normalized spacial score (nSPS) is 19.7. The first-order valence-corrected chi connectivity index (χ1v) is 7.86. The molecule has 1 heterocycles. The Morgan fingerprint density at radius 1 is 1.35 bits per heavy atom. The van der Waals surface area contributed by atoms with E-state index in [4.69, 9.17) is 4.74 Å². The number of rotatable bonds is 7. The van der Waals surface area contributed by atoms with Crippen LogP contribution in [-0.4, -0.2) is 37.2 Å². The van der Waals surface area contributed by atoms with Gasteiger partial charge in [0.05, 0.1) is 6.10 Å². The number of hydrogen-bond donors (Lipinski definition) is 1. The van der Waals surface area contributed by atoms with E-state index in [0.29, 0.717) is 0 Å². The summed E-state index contributed by atoms with van der Waals surface area (Å²) in [5, 5.41) is 3.60. The molecule has 1 aromatic carbocycles. The lowest BCUT2D eigenvalue weighted by atomic mass is 10.1. The first-order chi connectivity index (χ1) is 9.69. The number of hydrogen-bond acceptors (Lipinski definition) is 3. The van der Waals surface area contributed by atoms with Crippen LogP contribution in [0, 0.1) is 5.92 Å². The summed E-state index contributed by atoms with van der Waals surface area (Å²) in [6.45, 7) is 12.1. The van der Waals surface area contributed by atoms with Gasteiger partial charge >= 0.3 is 0 Å². The topological polar surface area (TPSA) is 24.5 Å². The summed E-state index contributed by atoms with van der Waals surface area (Å²) in [5.74, 6) is 1.81. The van der Waals surface area contributed by atoms with Crippen LogP contribution in [-0.2, 0) is 6.54 Å². The maximum Gasteiger partial charge on any atom is 0.124 e. The number of nitrogens with zero attached hydrogens (tertiary/aromatic N) is 1. The summed E-state index contributed by atoms with van der Waals surface area (Å²) in [6.07, 6.45) is 1.55. The van der Waals surface area contributed by atoms with E-state index in [0.717, 1.165) is 24.8 Å².